The van der Waals surface area contributed by atoms with E-state index < -0.39 is 5.97 Å². The lowest BCUT2D eigenvalue weighted by Gasteiger charge is -2.12. The summed E-state index contributed by atoms with van der Waals surface area (Å²) >= 11 is 0. The Bertz CT molecular complexity index is 976. The van der Waals surface area contributed by atoms with E-state index in [0.717, 1.165) is 11.3 Å². The van der Waals surface area contributed by atoms with E-state index in [1.54, 1.807) is 13.8 Å². The molecule has 28 heavy (non-hydrogen) atoms. The number of carbonyl (C=O) groups is 2. The van der Waals surface area contributed by atoms with Crippen molar-refractivity contribution in [3.63, 3.8) is 0 Å². The van der Waals surface area contributed by atoms with Gasteiger partial charge in [-0.2, -0.15) is 0 Å². The second-order valence-corrected chi connectivity index (χ2v) is 6.55. The van der Waals surface area contributed by atoms with Crippen molar-refractivity contribution in [3.05, 3.63) is 88.7 Å². The number of para-hydroxylation sites is 1. The fourth-order valence-electron chi connectivity index (χ4n) is 3.37. The number of amides is 1. The number of benzene rings is 2. The van der Waals surface area contributed by atoms with Crippen molar-refractivity contribution in [3.8, 4) is 0 Å². The second-order valence-electron chi connectivity index (χ2n) is 6.55. The van der Waals surface area contributed by atoms with Gasteiger partial charge in [-0.25, -0.2) is 4.79 Å². The number of rotatable bonds is 6. The van der Waals surface area contributed by atoms with E-state index in [-0.39, 0.29) is 12.5 Å². The number of aromatic nitrogens is 1. The molecule has 3 rings (SSSR count). The van der Waals surface area contributed by atoms with Gasteiger partial charge in [0.05, 0.1) is 12.2 Å². The first-order chi connectivity index (χ1) is 13.5. The molecule has 3 aromatic rings. The van der Waals surface area contributed by atoms with E-state index in [1.807, 2.05) is 72.2 Å². The number of nitrogens with one attached hydrogen (secondary N) is 1. The molecule has 0 saturated heterocycles. The molecule has 0 saturated carbocycles. The summed E-state index contributed by atoms with van der Waals surface area (Å²) < 4.78 is 7.13. The largest absolute Gasteiger partial charge is 0.461 e. The quantitative estimate of drug-likeness (QED) is 0.641. The van der Waals surface area contributed by atoms with E-state index in [9.17, 15) is 9.59 Å². The van der Waals surface area contributed by atoms with Crippen molar-refractivity contribution in [2.45, 2.75) is 27.3 Å². The van der Waals surface area contributed by atoms with Crippen LogP contribution in [0.1, 0.15) is 44.6 Å². The van der Waals surface area contributed by atoms with Gasteiger partial charge in [-0.15, -0.1) is 0 Å². The van der Waals surface area contributed by atoms with Gasteiger partial charge in [0.15, 0.2) is 0 Å². The maximum absolute atomic E-state index is 13.0. The summed E-state index contributed by atoms with van der Waals surface area (Å²) in [5.74, 6) is -0.656. The number of nitrogens with zero attached hydrogens (tertiary/aromatic N) is 1. The van der Waals surface area contributed by atoms with Gasteiger partial charge in [0.25, 0.3) is 5.91 Å². The predicted octanol–water partition coefficient (Wildman–Crippen LogP) is 4.58. The molecular formula is C23H24N2O3. The molecule has 0 spiro atoms. The number of hydrogen-bond acceptors (Lipinski definition) is 3. The maximum Gasteiger partial charge on any atom is 0.355 e. The highest BCUT2D eigenvalue weighted by Crippen LogP contribution is 2.25. The third-order valence-corrected chi connectivity index (χ3v) is 4.68. The SMILES string of the molecule is CCOC(=O)c1c(C)c(C(=O)Nc2ccccc2)c(C)n1Cc1ccccc1. The van der Waals surface area contributed by atoms with Crippen LogP contribution in [0.5, 0.6) is 0 Å². The number of ether oxygens (including phenoxy) is 1. The normalized spacial score (nSPS) is 10.5. The van der Waals surface area contributed by atoms with Crippen molar-refractivity contribution in [2.24, 2.45) is 0 Å². The molecule has 5 nitrogen and oxygen atoms in total. The van der Waals surface area contributed by atoms with Crippen molar-refractivity contribution in [2.75, 3.05) is 11.9 Å². The molecule has 0 aliphatic heterocycles. The second kappa shape index (κ2) is 8.57. The molecule has 0 atom stereocenters. The molecule has 2 aromatic carbocycles. The summed E-state index contributed by atoms with van der Waals surface area (Å²) in [5.41, 5.74) is 4.03. The van der Waals surface area contributed by atoms with Crippen LogP contribution in [0.3, 0.4) is 0 Å². The Hall–Kier alpha value is -3.34. The first-order valence-electron chi connectivity index (χ1n) is 9.30. The third kappa shape index (κ3) is 3.98. The zero-order valence-corrected chi connectivity index (χ0v) is 16.4. The van der Waals surface area contributed by atoms with E-state index in [4.69, 9.17) is 4.74 Å². The molecule has 1 heterocycles. The Morgan fingerprint density at radius 3 is 2.18 bits per heavy atom. The molecular weight excluding hydrogens is 352 g/mol. The summed E-state index contributed by atoms with van der Waals surface area (Å²) in [6.07, 6.45) is 0. The Kier molecular flexibility index (Phi) is 5.94. The summed E-state index contributed by atoms with van der Waals surface area (Å²) in [6.45, 7) is 6.19. The minimum Gasteiger partial charge on any atom is -0.461 e. The molecule has 1 amide bonds. The van der Waals surface area contributed by atoms with Crippen LogP contribution in [0.2, 0.25) is 0 Å². The first-order valence-corrected chi connectivity index (χ1v) is 9.30. The summed E-state index contributed by atoms with van der Waals surface area (Å²) in [4.78, 5) is 25.6. The molecule has 0 bridgehead atoms. The van der Waals surface area contributed by atoms with Crippen LogP contribution in [-0.2, 0) is 11.3 Å². The third-order valence-electron chi connectivity index (χ3n) is 4.68. The van der Waals surface area contributed by atoms with E-state index in [0.29, 0.717) is 29.1 Å². The molecule has 1 aromatic heterocycles. The molecule has 0 fully saturated rings. The standard InChI is InChI=1S/C23H24N2O3/c1-4-28-23(27)21-16(2)20(22(26)24-19-13-9-6-10-14-19)17(3)25(21)15-18-11-7-5-8-12-18/h5-14H,4,15H2,1-3H3,(H,24,26). The van der Waals surface area contributed by atoms with E-state index in [2.05, 4.69) is 5.32 Å². The van der Waals surface area contributed by atoms with Crippen LogP contribution < -0.4 is 5.32 Å². The number of esters is 1. The Morgan fingerprint density at radius 2 is 1.57 bits per heavy atom. The zero-order chi connectivity index (χ0) is 20.1. The lowest BCUT2D eigenvalue weighted by Crippen LogP contribution is -2.15. The van der Waals surface area contributed by atoms with Crippen molar-refractivity contribution in [1.82, 2.24) is 4.57 Å². The van der Waals surface area contributed by atoms with Crippen molar-refractivity contribution in [1.29, 1.82) is 0 Å². The average Bonchev–Trinajstić information content (AvgIpc) is 2.93. The number of carbonyl (C=O) groups excluding carboxylic acids is 2. The molecule has 0 aliphatic carbocycles. The van der Waals surface area contributed by atoms with Gasteiger partial charge in [-0.05, 0) is 44.0 Å². The molecule has 0 unspecified atom stereocenters. The van der Waals surface area contributed by atoms with Crippen LogP contribution >= 0.6 is 0 Å². The smallest absolute Gasteiger partial charge is 0.355 e. The lowest BCUT2D eigenvalue weighted by molar-refractivity contribution is 0.0513. The highest BCUT2D eigenvalue weighted by atomic mass is 16.5. The number of hydrogen-bond donors (Lipinski definition) is 1. The summed E-state index contributed by atoms with van der Waals surface area (Å²) in [5, 5.41) is 2.91. The van der Waals surface area contributed by atoms with Crippen LogP contribution in [0.15, 0.2) is 60.7 Å². The van der Waals surface area contributed by atoms with Crippen LogP contribution in [0, 0.1) is 13.8 Å². The molecule has 1 N–H and O–H groups in total. The maximum atomic E-state index is 13.0. The van der Waals surface area contributed by atoms with Crippen LogP contribution in [0.4, 0.5) is 5.69 Å². The zero-order valence-electron chi connectivity index (χ0n) is 16.4. The van der Waals surface area contributed by atoms with E-state index in [1.165, 1.54) is 0 Å². The van der Waals surface area contributed by atoms with E-state index >= 15 is 0 Å². The van der Waals surface area contributed by atoms with Gasteiger partial charge in [-0.3, -0.25) is 4.79 Å². The molecule has 144 valence electrons. The average molecular weight is 376 g/mol. The molecule has 5 heteroatoms. The summed E-state index contributed by atoms with van der Waals surface area (Å²) in [6, 6.07) is 19.1. The molecule has 0 radical (unpaired) electrons. The first kappa shape index (κ1) is 19.4. The van der Waals surface area contributed by atoms with Crippen LogP contribution in [-0.4, -0.2) is 23.1 Å². The van der Waals surface area contributed by atoms with Gasteiger partial charge >= 0.3 is 5.97 Å². The number of anilines is 1. The minimum absolute atomic E-state index is 0.237. The van der Waals surface area contributed by atoms with Gasteiger partial charge in [0, 0.05) is 17.9 Å². The van der Waals surface area contributed by atoms with Gasteiger partial charge < -0.3 is 14.6 Å². The van der Waals surface area contributed by atoms with Gasteiger partial charge in [0.2, 0.25) is 0 Å². The summed E-state index contributed by atoms with van der Waals surface area (Å²) in [7, 11) is 0. The highest BCUT2D eigenvalue weighted by Gasteiger charge is 2.27. The lowest BCUT2D eigenvalue weighted by atomic mass is 10.1. The molecule has 0 aliphatic rings. The van der Waals surface area contributed by atoms with Crippen molar-refractivity contribution >= 4 is 17.6 Å². The Morgan fingerprint density at radius 1 is 0.964 bits per heavy atom. The minimum atomic E-state index is -0.419. The van der Waals surface area contributed by atoms with Crippen LogP contribution in [0.25, 0.3) is 0 Å². The fourth-order valence-corrected chi connectivity index (χ4v) is 3.37. The van der Waals surface area contributed by atoms with Gasteiger partial charge in [0.1, 0.15) is 5.69 Å². The monoisotopic (exact) mass is 376 g/mol. The Balaban J connectivity index is 2.04. The predicted molar refractivity (Wildman–Crippen MR) is 110 cm³/mol. The fraction of sp³-hybridized carbons (Fsp3) is 0.217. The van der Waals surface area contributed by atoms with Crippen molar-refractivity contribution < 1.29 is 14.3 Å². The Labute approximate surface area is 165 Å². The highest BCUT2D eigenvalue weighted by molar-refractivity contribution is 6.08. The van der Waals surface area contributed by atoms with Gasteiger partial charge in [-0.1, -0.05) is 48.5 Å². The topological polar surface area (TPSA) is 60.3 Å².